The molecule has 0 aliphatic heterocycles. The molecular formula is C15H24N2O2. The van der Waals surface area contributed by atoms with Crippen LogP contribution in [0.1, 0.15) is 19.8 Å². The van der Waals surface area contributed by atoms with E-state index in [1.54, 1.807) is 14.2 Å². The van der Waals surface area contributed by atoms with Gasteiger partial charge in [0, 0.05) is 19.7 Å². The first-order valence-corrected chi connectivity index (χ1v) is 6.87. The Morgan fingerprint density at radius 3 is 2.68 bits per heavy atom. The predicted molar refractivity (Wildman–Crippen MR) is 78.8 cm³/mol. The van der Waals surface area contributed by atoms with Crippen LogP contribution in [0.4, 0.5) is 11.4 Å². The number of nitrogens with two attached hydrogens (primary N) is 1. The highest BCUT2D eigenvalue weighted by Crippen LogP contribution is 2.40. The van der Waals surface area contributed by atoms with Crippen molar-refractivity contribution in [2.45, 2.75) is 25.8 Å². The van der Waals surface area contributed by atoms with Crippen molar-refractivity contribution >= 4 is 11.4 Å². The van der Waals surface area contributed by atoms with Crippen LogP contribution in [0.3, 0.4) is 0 Å². The topological polar surface area (TPSA) is 47.7 Å². The molecule has 4 nitrogen and oxygen atoms in total. The monoisotopic (exact) mass is 264 g/mol. The highest BCUT2D eigenvalue weighted by Gasteiger charge is 2.32. The van der Waals surface area contributed by atoms with E-state index in [0.717, 1.165) is 23.9 Å². The van der Waals surface area contributed by atoms with Gasteiger partial charge in [-0.2, -0.15) is 0 Å². The van der Waals surface area contributed by atoms with Gasteiger partial charge in [0.25, 0.3) is 0 Å². The number of rotatable bonds is 7. The number of anilines is 2. The van der Waals surface area contributed by atoms with Crippen LogP contribution in [-0.2, 0) is 4.74 Å². The van der Waals surface area contributed by atoms with E-state index in [0.29, 0.717) is 18.3 Å². The number of ether oxygens (including phenoxy) is 2. The highest BCUT2D eigenvalue weighted by atomic mass is 16.5. The van der Waals surface area contributed by atoms with E-state index in [1.165, 1.54) is 12.8 Å². The summed E-state index contributed by atoms with van der Waals surface area (Å²) in [5.41, 5.74) is 7.99. The summed E-state index contributed by atoms with van der Waals surface area (Å²) in [5.74, 6) is 1.52. The molecular weight excluding hydrogens is 240 g/mol. The Hall–Kier alpha value is -1.42. The highest BCUT2D eigenvalue weighted by molar-refractivity contribution is 5.74. The third-order valence-corrected chi connectivity index (χ3v) is 3.90. The number of para-hydroxylation sites is 1. The van der Waals surface area contributed by atoms with Crippen LogP contribution in [0.25, 0.3) is 0 Å². The molecule has 1 aliphatic rings. The smallest absolute Gasteiger partial charge is 0.143 e. The molecule has 1 aromatic rings. The zero-order valence-corrected chi connectivity index (χ0v) is 12.1. The largest absolute Gasteiger partial charge is 0.495 e. The predicted octanol–water partition coefficient (Wildman–Crippen LogP) is 2.53. The minimum atomic E-state index is 0.490. The average Bonchev–Trinajstić information content (AvgIpc) is 3.25. The zero-order valence-electron chi connectivity index (χ0n) is 12.1. The lowest BCUT2D eigenvalue weighted by Gasteiger charge is -2.32. The molecule has 1 atom stereocenters. The molecule has 1 saturated carbocycles. The summed E-state index contributed by atoms with van der Waals surface area (Å²) in [6.07, 6.45) is 2.63. The van der Waals surface area contributed by atoms with Crippen LogP contribution in [0, 0.1) is 5.92 Å². The minimum absolute atomic E-state index is 0.490. The maximum absolute atomic E-state index is 6.22. The molecule has 0 saturated heterocycles. The minimum Gasteiger partial charge on any atom is -0.495 e. The fraction of sp³-hybridized carbons (Fsp3) is 0.600. The number of hydrogen-bond donors (Lipinski definition) is 1. The first-order chi connectivity index (χ1) is 9.19. The van der Waals surface area contributed by atoms with Gasteiger partial charge < -0.3 is 20.1 Å². The molecule has 19 heavy (non-hydrogen) atoms. The van der Waals surface area contributed by atoms with Gasteiger partial charge in [-0.15, -0.1) is 0 Å². The van der Waals surface area contributed by atoms with Gasteiger partial charge in [0.2, 0.25) is 0 Å². The van der Waals surface area contributed by atoms with Crippen LogP contribution in [-0.4, -0.2) is 33.4 Å². The number of methoxy groups -OCH3 is 2. The maximum atomic E-state index is 6.22. The van der Waals surface area contributed by atoms with Crippen molar-refractivity contribution in [3.8, 4) is 5.75 Å². The summed E-state index contributed by atoms with van der Waals surface area (Å²) in [6, 6.07) is 6.44. The van der Waals surface area contributed by atoms with Crippen molar-refractivity contribution in [3.63, 3.8) is 0 Å². The average molecular weight is 264 g/mol. The Balaban J connectivity index is 2.25. The van der Waals surface area contributed by atoms with E-state index in [2.05, 4.69) is 17.9 Å². The lowest BCUT2D eigenvalue weighted by Crippen LogP contribution is -2.37. The Morgan fingerprint density at radius 2 is 2.11 bits per heavy atom. The molecule has 0 amide bonds. The lowest BCUT2D eigenvalue weighted by molar-refractivity contribution is 0.202. The molecule has 106 valence electrons. The third kappa shape index (κ3) is 3.13. The summed E-state index contributed by atoms with van der Waals surface area (Å²) in [7, 11) is 3.38. The second-order valence-electron chi connectivity index (χ2n) is 5.16. The van der Waals surface area contributed by atoms with E-state index >= 15 is 0 Å². The molecule has 1 aromatic carbocycles. The molecule has 0 bridgehead atoms. The van der Waals surface area contributed by atoms with Gasteiger partial charge >= 0.3 is 0 Å². The normalized spacial score (nSPS) is 16.2. The molecule has 0 spiro atoms. The van der Waals surface area contributed by atoms with Crippen LogP contribution in [0.2, 0.25) is 0 Å². The van der Waals surface area contributed by atoms with Crippen LogP contribution in [0.5, 0.6) is 5.75 Å². The third-order valence-electron chi connectivity index (χ3n) is 3.90. The molecule has 4 heteroatoms. The molecule has 2 rings (SSSR count). The summed E-state index contributed by atoms with van der Waals surface area (Å²) in [4.78, 5) is 2.35. The fourth-order valence-electron chi connectivity index (χ4n) is 2.53. The van der Waals surface area contributed by atoms with Gasteiger partial charge in [-0.3, -0.25) is 0 Å². The first kappa shape index (κ1) is 14.0. The first-order valence-electron chi connectivity index (χ1n) is 6.87. The molecule has 1 fully saturated rings. The van der Waals surface area contributed by atoms with Gasteiger partial charge in [0.15, 0.2) is 0 Å². The Bertz CT molecular complexity index is 419. The van der Waals surface area contributed by atoms with Gasteiger partial charge in [-0.1, -0.05) is 6.07 Å². The van der Waals surface area contributed by atoms with Crippen molar-refractivity contribution in [3.05, 3.63) is 18.2 Å². The number of nitrogens with zero attached hydrogens (tertiary/aromatic N) is 1. The quantitative estimate of drug-likeness (QED) is 0.769. The molecule has 0 aromatic heterocycles. The summed E-state index contributed by atoms with van der Waals surface area (Å²) in [5, 5.41) is 0. The van der Waals surface area contributed by atoms with Crippen molar-refractivity contribution in [1.82, 2.24) is 0 Å². The number of nitrogen functional groups attached to an aromatic ring is 1. The van der Waals surface area contributed by atoms with Crippen molar-refractivity contribution in [1.29, 1.82) is 0 Å². The van der Waals surface area contributed by atoms with Gasteiger partial charge in [-0.25, -0.2) is 0 Å². The van der Waals surface area contributed by atoms with Gasteiger partial charge in [0.1, 0.15) is 5.75 Å². The molecule has 2 N–H and O–H groups in total. The molecule has 0 radical (unpaired) electrons. The van der Waals surface area contributed by atoms with E-state index < -0.39 is 0 Å². The molecule has 1 unspecified atom stereocenters. The Labute approximate surface area is 115 Å². The van der Waals surface area contributed by atoms with E-state index in [9.17, 15) is 0 Å². The fourth-order valence-corrected chi connectivity index (χ4v) is 2.53. The molecule has 0 heterocycles. The van der Waals surface area contributed by atoms with Gasteiger partial charge in [-0.05, 0) is 37.8 Å². The second kappa shape index (κ2) is 6.15. The summed E-state index contributed by atoms with van der Waals surface area (Å²) >= 11 is 0. The van der Waals surface area contributed by atoms with Crippen LogP contribution >= 0.6 is 0 Å². The molecule has 1 aliphatic carbocycles. The van der Waals surface area contributed by atoms with E-state index in [-0.39, 0.29) is 0 Å². The van der Waals surface area contributed by atoms with Crippen LogP contribution in [0.15, 0.2) is 18.2 Å². The SMILES string of the molecule is COCCN(c1cccc(OC)c1N)C(C)C1CC1. The van der Waals surface area contributed by atoms with E-state index in [4.69, 9.17) is 15.2 Å². The zero-order chi connectivity index (χ0) is 13.8. The maximum Gasteiger partial charge on any atom is 0.143 e. The van der Waals surface area contributed by atoms with Crippen molar-refractivity contribution in [2.75, 3.05) is 38.0 Å². The summed E-state index contributed by atoms with van der Waals surface area (Å²) < 4.78 is 10.5. The second-order valence-corrected chi connectivity index (χ2v) is 5.16. The standard InChI is InChI=1S/C15H24N2O2/c1-11(12-7-8-12)17(9-10-18-2)13-5-4-6-14(19-3)15(13)16/h4-6,11-12H,7-10,16H2,1-3H3. The Morgan fingerprint density at radius 1 is 1.37 bits per heavy atom. The van der Waals surface area contributed by atoms with Crippen LogP contribution < -0.4 is 15.4 Å². The van der Waals surface area contributed by atoms with Crippen molar-refractivity contribution in [2.24, 2.45) is 5.92 Å². The Kier molecular flexibility index (Phi) is 4.53. The lowest BCUT2D eigenvalue weighted by atomic mass is 10.1. The number of benzene rings is 1. The van der Waals surface area contributed by atoms with Gasteiger partial charge in [0.05, 0.1) is 25.1 Å². The van der Waals surface area contributed by atoms with Crippen molar-refractivity contribution < 1.29 is 9.47 Å². The summed E-state index contributed by atoms with van der Waals surface area (Å²) in [6.45, 7) is 3.82. The van der Waals surface area contributed by atoms with E-state index in [1.807, 2.05) is 12.1 Å². The number of hydrogen-bond acceptors (Lipinski definition) is 4.